The molecule has 3 fully saturated rings. The first-order chi connectivity index (χ1) is 19.2. The number of aliphatic carboxylic acids is 1. The van der Waals surface area contributed by atoms with E-state index in [2.05, 4.69) is 37.9 Å². The van der Waals surface area contributed by atoms with Crippen LogP contribution in [0.2, 0.25) is 0 Å². The number of methoxy groups -OCH3 is 2. The Morgan fingerprint density at radius 1 is 1.00 bits per heavy atom. The fraction of sp³-hybridized carbons (Fsp3) is 0.750. The van der Waals surface area contributed by atoms with Crippen molar-refractivity contribution in [2.75, 3.05) is 53.6 Å². The van der Waals surface area contributed by atoms with Gasteiger partial charge in [-0.2, -0.15) is 13.2 Å². The SMILES string of the molecule is COc1cc(B2OC(C)(C)C(C)(C)O2)cc(OC)c1OCC1CCN(CC2CCNCC2)CC1.O=C(O)C(F)(F)F. The highest BCUT2D eigenvalue weighted by Gasteiger charge is 2.52. The maximum absolute atomic E-state index is 10.6. The zero-order chi connectivity index (χ0) is 30.4. The van der Waals surface area contributed by atoms with E-state index >= 15 is 0 Å². The highest BCUT2D eigenvalue weighted by molar-refractivity contribution is 6.62. The summed E-state index contributed by atoms with van der Waals surface area (Å²) in [5.74, 6) is 0.584. The summed E-state index contributed by atoms with van der Waals surface area (Å²) in [6.45, 7) is 14.8. The van der Waals surface area contributed by atoms with Crippen molar-refractivity contribution in [2.24, 2.45) is 11.8 Å². The summed E-state index contributed by atoms with van der Waals surface area (Å²) in [4.78, 5) is 11.5. The minimum absolute atomic E-state index is 0.407. The largest absolute Gasteiger partial charge is 0.495 e. The van der Waals surface area contributed by atoms with Crippen molar-refractivity contribution in [2.45, 2.75) is 70.8 Å². The van der Waals surface area contributed by atoms with Crippen LogP contribution in [0, 0.1) is 11.8 Å². The van der Waals surface area contributed by atoms with Gasteiger partial charge in [0.15, 0.2) is 11.5 Å². The summed E-state index contributed by atoms with van der Waals surface area (Å²) < 4.78 is 61.9. The number of hydrogen-bond donors (Lipinski definition) is 2. The van der Waals surface area contributed by atoms with E-state index < -0.39 is 30.5 Å². The Morgan fingerprint density at radius 2 is 1.49 bits per heavy atom. The van der Waals surface area contributed by atoms with Crippen LogP contribution >= 0.6 is 0 Å². The zero-order valence-corrected chi connectivity index (χ0v) is 24.9. The van der Waals surface area contributed by atoms with E-state index in [9.17, 15) is 13.2 Å². The van der Waals surface area contributed by atoms with Gasteiger partial charge in [0.05, 0.1) is 32.0 Å². The van der Waals surface area contributed by atoms with Crippen LogP contribution in [0.4, 0.5) is 13.2 Å². The van der Waals surface area contributed by atoms with Gasteiger partial charge in [-0.05, 0) is 109 Å². The van der Waals surface area contributed by atoms with Crippen molar-refractivity contribution in [1.29, 1.82) is 0 Å². The molecule has 0 atom stereocenters. The van der Waals surface area contributed by atoms with Crippen molar-refractivity contribution in [1.82, 2.24) is 10.2 Å². The number of nitrogens with one attached hydrogen (secondary N) is 1. The first-order valence-corrected chi connectivity index (χ1v) is 14.1. The van der Waals surface area contributed by atoms with Gasteiger partial charge in [0, 0.05) is 6.54 Å². The quantitative estimate of drug-likeness (QED) is 0.441. The highest BCUT2D eigenvalue weighted by atomic mass is 19.4. The lowest BCUT2D eigenvalue weighted by molar-refractivity contribution is -0.192. The molecule has 3 aliphatic heterocycles. The number of piperidine rings is 2. The molecule has 0 aromatic heterocycles. The third kappa shape index (κ3) is 8.89. The van der Waals surface area contributed by atoms with Gasteiger partial charge >= 0.3 is 19.3 Å². The van der Waals surface area contributed by atoms with E-state index in [0.29, 0.717) is 29.8 Å². The number of carboxylic acid groups (broad SMARTS) is 1. The number of alkyl halides is 3. The van der Waals surface area contributed by atoms with Crippen LogP contribution in [-0.2, 0) is 14.1 Å². The normalized spacial score (nSPS) is 21.6. The third-order valence-corrected chi connectivity index (χ3v) is 8.40. The standard InChI is InChI=1S/C26H43BN2O5.C2HF3O2/c1-25(2)26(3,4)34-27(33-25)21-15-22(30-5)24(23(16-21)31-6)32-18-20-9-13-29(14-10-20)17-19-7-11-28-12-8-19;3-2(4,5)1(6)7/h15-16,19-20,28H,7-14,17-18H2,1-6H3;(H,6,7). The summed E-state index contributed by atoms with van der Waals surface area (Å²) in [5.41, 5.74) is 0.0532. The maximum Gasteiger partial charge on any atom is 0.495 e. The van der Waals surface area contributed by atoms with Crippen molar-refractivity contribution >= 4 is 18.6 Å². The molecule has 232 valence electrons. The molecule has 9 nitrogen and oxygen atoms in total. The summed E-state index contributed by atoms with van der Waals surface area (Å²) >= 11 is 0. The molecule has 13 heteroatoms. The first kappa shape index (κ1) is 33.3. The Hall–Kier alpha value is -2.22. The van der Waals surface area contributed by atoms with Crippen LogP contribution in [0.5, 0.6) is 17.2 Å². The maximum atomic E-state index is 10.6. The second kappa shape index (κ2) is 13.8. The predicted octanol–water partition coefficient (Wildman–Crippen LogP) is 3.73. The minimum Gasteiger partial charge on any atom is -0.493 e. The molecule has 0 bridgehead atoms. The molecule has 1 aromatic carbocycles. The van der Waals surface area contributed by atoms with Crippen LogP contribution in [0.15, 0.2) is 12.1 Å². The molecule has 3 saturated heterocycles. The van der Waals surface area contributed by atoms with E-state index in [1.807, 2.05) is 12.1 Å². The van der Waals surface area contributed by atoms with Crippen LogP contribution in [0.25, 0.3) is 0 Å². The molecule has 1 aromatic rings. The summed E-state index contributed by atoms with van der Waals surface area (Å²) in [6.07, 6.45) is -0.127. The summed E-state index contributed by atoms with van der Waals surface area (Å²) in [5, 5.41) is 10.6. The molecule has 41 heavy (non-hydrogen) atoms. The second-order valence-electron chi connectivity index (χ2n) is 11.9. The predicted molar refractivity (Wildman–Crippen MR) is 149 cm³/mol. The molecular formula is C28H44BF3N2O7. The second-order valence-corrected chi connectivity index (χ2v) is 11.9. The van der Waals surface area contributed by atoms with Gasteiger partial charge in [-0.25, -0.2) is 4.79 Å². The number of ether oxygens (including phenoxy) is 3. The number of carbonyl (C=O) groups is 1. The van der Waals surface area contributed by atoms with Crippen molar-refractivity contribution in [3.05, 3.63) is 12.1 Å². The molecule has 0 aliphatic carbocycles. The fourth-order valence-electron chi connectivity index (χ4n) is 5.12. The van der Waals surface area contributed by atoms with E-state index in [0.717, 1.165) is 24.5 Å². The minimum atomic E-state index is -5.08. The number of hydrogen-bond acceptors (Lipinski definition) is 8. The topological polar surface area (TPSA) is 98.7 Å². The van der Waals surface area contributed by atoms with E-state index in [1.165, 1.54) is 45.3 Å². The first-order valence-electron chi connectivity index (χ1n) is 14.1. The fourth-order valence-corrected chi connectivity index (χ4v) is 5.12. The summed E-state index contributed by atoms with van der Waals surface area (Å²) in [7, 11) is 2.84. The third-order valence-electron chi connectivity index (χ3n) is 8.40. The number of likely N-dealkylation sites (tertiary alicyclic amines) is 1. The molecular weight excluding hydrogens is 544 g/mol. The smallest absolute Gasteiger partial charge is 0.493 e. The number of rotatable bonds is 8. The summed E-state index contributed by atoms with van der Waals surface area (Å²) in [6, 6.07) is 3.89. The van der Waals surface area contributed by atoms with Gasteiger partial charge in [-0.15, -0.1) is 0 Å². The Labute approximate surface area is 241 Å². The number of carboxylic acids is 1. The monoisotopic (exact) mass is 588 g/mol. The van der Waals surface area contributed by atoms with E-state index in [1.54, 1.807) is 14.2 Å². The van der Waals surface area contributed by atoms with E-state index in [-0.39, 0.29) is 0 Å². The molecule has 2 N–H and O–H groups in total. The Kier molecular flexibility index (Phi) is 11.2. The molecule has 3 aliphatic rings. The number of benzene rings is 1. The highest BCUT2D eigenvalue weighted by Crippen LogP contribution is 2.40. The molecule has 3 heterocycles. The van der Waals surface area contributed by atoms with Crippen molar-refractivity contribution in [3.8, 4) is 17.2 Å². The van der Waals surface area contributed by atoms with Gasteiger partial charge in [-0.3, -0.25) is 0 Å². The Balaban J connectivity index is 0.000000587. The van der Waals surface area contributed by atoms with Crippen molar-refractivity contribution < 1.29 is 46.6 Å². The van der Waals surface area contributed by atoms with Crippen molar-refractivity contribution in [3.63, 3.8) is 0 Å². The lowest BCUT2D eigenvalue weighted by atomic mass is 9.78. The molecule has 0 spiro atoms. The van der Waals surface area contributed by atoms with Crippen LogP contribution < -0.4 is 25.0 Å². The van der Waals surface area contributed by atoms with Gasteiger partial charge < -0.3 is 38.8 Å². The molecule has 0 unspecified atom stereocenters. The van der Waals surface area contributed by atoms with Crippen LogP contribution in [0.1, 0.15) is 53.4 Å². The van der Waals surface area contributed by atoms with Gasteiger partial charge in [-0.1, -0.05) is 0 Å². The van der Waals surface area contributed by atoms with Crippen LogP contribution in [-0.4, -0.2) is 94.0 Å². The molecule has 0 radical (unpaired) electrons. The average Bonchev–Trinajstić information content (AvgIpc) is 3.14. The van der Waals surface area contributed by atoms with Gasteiger partial charge in [0.25, 0.3) is 0 Å². The van der Waals surface area contributed by atoms with E-state index in [4.69, 9.17) is 33.4 Å². The van der Waals surface area contributed by atoms with Gasteiger partial charge in [0.2, 0.25) is 5.75 Å². The lowest BCUT2D eigenvalue weighted by Gasteiger charge is -2.35. The number of halogens is 3. The Morgan fingerprint density at radius 3 is 1.93 bits per heavy atom. The number of nitrogens with zero attached hydrogens (tertiary/aromatic N) is 1. The Bertz CT molecular complexity index is 970. The van der Waals surface area contributed by atoms with Gasteiger partial charge in [0.1, 0.15) is 0 Å². The average molecular weight is 588 g/mol. The molecule has 0 amide bonds. The zero-order valence-electron chi connectivity index (χ0n) is 24.9. The lowest BCUT2D eigenvalue weighted by Crippen LogP contribution is -2.41. The van der Waals surface area contributed by atoms with Crippen LogP contribution in [0.3, 0.4) is 0 Å². The molecule has 4 rings (SSSR count). The molecule has 0 saturated carbocycles.